The number of halogens is 3. The predicted octanol–water partition coefficient (Wildman–Crippen LogP) is 2.21. The Balaban J connectivity index is 2.27. The van der Waals surface area contributed by atoms with Gasteiger partial charge in [0, 0.05) is 13.5 Å². The fraction of sp³-hybridized carbons (Fsp3) is 0.429. The van der Waals surface area contributed by atoms with Crippen LogP contribution in [0.4, 0.5) is 24.5 Å². The zero-order valence-electron chi connectivity index (χ0n) is 11.9. The lowest BCUT2D eigenvalue weighted by Crippen LogP contribution is -2.25. The molecule has 2 amide bonds. The van der Waals surface area contributed by atoms with Gasteiger partial charge in [-0.05, 0) is 31.2 Å². The Labute approximate surface area is 125 Å². The standard InChI is InChI=1S/C14H16F3N3O2/c1-8(21)19-11-3-2-10(14(15,16)17)6-12(11)20-13(22)9-4-5-18-7-9/h2-3,6,9,18H,4-5,7H2,1H3,(H,19,21)(H,20,22). The Morgan fingerprint density at radius 3 is 2.50 bits per heavy atom. The summed E-state index contributed by atoms with van der Waals surface area (Å²) in [5.41, 5.74) is -0.803. The van der Waals surface area contributed by atoms with Crippen molar-refractivity contribution in [2.24, 2.45) is 5.92 Å². The van der Waals surface area contributed by atoms with Gasteiger partial charge in [-0.2, -0.15) is 13.2 Å². The molecule has 2 rings (SSSR count). The van der Waals surface area contributed by atoms with E-state index in [0.717, 1.165) is 18.2 Å². The number of anilines is 2. The third-order valence-corrected chi connectivity index (χ3v) is 3.35. The van der Waals surface area contributed by atoms with E-state index in [0.29, 0.717) is 19.5 Å². The largest absolute Gasteiger partial charge is 0.416 e. The van der Waals surface area contributed by atoms with Crippen molar-refractivity contribution in [2.45, 2.75) is 19.5 Å². The molecule has 1 aliphatic rings. The number of nitrogens with one attached hydrogen (secondary N) is 3. The molecule has 0 spiro atoms. The molecule has 0 saturated carbocycles. The number of carbonyl (C=O) groups is 2. The summed E-state index contributed by atoms with van der Waals surface area (Å²) in [6.45, 7) is 2.42. The number of hydrogen-bond donors (Lipinski definition) is 3. The number of benzene rings is 1. The lowest BCUT2D eigenvalue weighted by molar-refractivity contribution is -0.137. The highest BCUT2D eigenvalue weighted by Crippen LogP contribution is 2.34. The molecule has 1 heterocycles. The zero-order chi connectivity index (χ0) is 16.3. The Hall–Kier alpha value is -2.09. The minimum atomic E-state index is -4.52. The van der Waals surface area contributed by atoms with E-state index >= 15 is 0 Å². The van der Waals surface area contributed by atoms with Crippen LogP contribution in [0.15, 0.2) is 18.2 Å². The van der Waals surface area contributed by atoms with E-state index in [9.17, 15) is 22.8 Å². The van der Waals surface area contributed by atoms with Gasteiger partial charge >= 0.3 is 6.18 Å². The van der Waals surface area contributed by atoms with Gasteiger partial charge < -0.3 is 16.0 Å². The smallest absolute Gasteiger partial charge is 0.325 e. The third kappa shape index (κ3) is 3.97. The third-order valence-electron chi connectivity index (χ3n) is 3.35. The van der Waals surface area contributed by atoms with Crippen LogP contribution in [0.25, 0.3) is 0 Å². The molecule has 8 heteroatoms. The molecule has 0 aliphatic carbocycles. The van der Waals surface area contributed by atoms with E-state index in [1.54, 1.807) is 0 Å². The molecule has 1 aromatic carbocycles. The van der Waals surface area contributed by atoms with Gasteiger partial charge in [0.1, 0.15) is 0 Å². The van der Waals surface area contributed by atoms with E-state index in [2.05, 4.69) is 16.0 Å². The summed E-state index contributed by atoms with van der Waals surface area (Å²) in [6.07, 6.45) is -3.90. The fourth-order valence-corrected chi connectivity index (χ4v) is 2.24. The van der Waals surface area contributed by atoms with Gasteiger partial charge in [0.2, 0.25) is 11.8 Å². The van der Waals surface area contributed by atoms with Crippen LogP contribution in [0.5, 0.6) is 0 Å². The maximum Gasteiger partial charge on any atom is 0.416 e. The average molecular weight is 315 g/mol. The van der Waals surface area contributed by atoms with E-state index in [1.165, 1.54) is 6.92 Å². The molecule has 1 atom stereocenters. The van der Waals surface area contributed by atoms with Gasteiger partial charge in [-0.15, -0.1) is 0 Å². The normalized spacial score (nSPS) is 18.1. The number of amides is 2. The summed E-state index contributed by atoms with van der Waals surface area (Å²) in [4.78, 5) is 23.2. The van der Waals surface area contributed by atoms with Crippen molar-refractivity contribution in [3.8, 4) is 0 Å². The SMILES string of the molecule is CC(=O)Nc1ccc(C(F)(F)F)cc1NC(=O)C1CCNC1. The highest BCUT2D eigenvalue weighted by Gasteiger charge is 2.31. The molecule has 120 valence electrons. The van der Waals surface area contributed by atoms with Gasteiger partial charge in [-0.1, -0.05) is 0 Å². The first-order valence-corrected chi connectivity index (χ1v) is 6.78. The number of rotatable bonds is 3. The Morgan fingerprint density at radius 1 is 1.23 bits per heavy atom. The maximum atomic E-state index is 12.8. The Kier molecular flexibility index (Phi) is 4.70. The molecule has 22 heavy (non-hydrogen) atoms. The average Bonchev–Trinajstić information content (AvgIpc) is 2.92. The first-order valence-electron chi connectivity index (χ1n) is 6.78. The zero-order valence-corrected chi connectivity index (χ0v) is 11.9. The second-order valence-corrected chi connectivity index (χ2v) is 5.12. The van der Waals surface area contributed by atoms with Crippen molar-refractivity contribution in [3.63, 3.8) is 0 Å². The summed E-state index contributed by atoms with van der Waals surface area (Å²) < 4.78 is 38.4. The van der Waals surface area contributed by atoms with Crippen LogP contribution in [-0.4, -0.2) is 24.9 Å². The molecule has 0 aromatic heterocycles. The minimum absolute atomic E-state index is 0.0538. The van der Waals surface area contributed by atoms with Gasteiger partial charge in [0.15, 0.2) is 0 Å². The van der Waals surface area contributed by atoms with Crippen LogP contribution in [0, 0.1) is 5.92 Å². The Morgan fingerprint density at radius 2 is 1.95 bits per heavy atom. The van der Waals surface area contributed by atoms with Crippen LogP contribution < -0.4 is 16.0 Å². The van der Waals surface area contributed by atoms with Crippen LogP contribution >= 0.6 is 0 Å². The maximum absolute atomic E-state index is 12.8. The predicted molar refractivity (Wildman–Crippen MR) is 75.4 cm³/mol. The summed E-state index contributed by atoms with van der Waals surface area (Å²) in [7, 11) is 0. The van der Waals surface area contributed by atoms with E-state index in [1.807, 2.05) is 0 Å². The second-order valence-electron chi connectivity index (χ2n) is 5.12. The van der Waals surface area contributed by atoms with Crippen molar-refractivity contribution in [3.05, 3.63) is 23.8 Å². The summed E-state index contributed by atoms with van der Waals surface area (Å²) >= 11 is 0. The quantitative estimate of drug-likeness (QED) is 0.801. The first-order chi connectivity index (χ1) is 10.3. The molecule has 1 aliphatic heterocycles. The molecule has 3 N–H and O–H groups in total. The summed E-state index contributed by atoms with van der Waals surface area (Å²) in [5, 5.41) is 7.90. The van der Waals surface area contributed by atoms with Crippen LogP contribution in [-0.2, 0) is 15.8 Å². The molecular weight excluding hydrogens is 299 g/mol. The van der Waals surface area contributed by atoms with E-state index < -0.39 is 17.6 Å². The van der Waals surface area contributed by atoms with Crippen LogP contribution in [0.1, 0.15) is 18.9 Å². The number of alkyl halides is 3. The van der Waals surface area contributed by atoms with Crippen molar-refractivity contribution < 1.29 is 22.8 Å². The van der Waals surface area contributed by atoms with Gasteiger partial charge in [0.05, 0.1) is 22.9 Å². The van der Waals surface area contributed by atoms with Crippen LogP contribution in [0.2, 0.25) is 0 Å². The molecule has 1 saturated heterocycles. The van der Waals surface area contributed by atoms with E-state index in [-0.39, 0.29) is 23.2 Å². The van der Waals surface area contributed by atoms with Crippen molar-refractivity contribution in [2.75, 3.05) is 23.7 Å². The Bertz CT molecular complexity index is 581. The number of hydrogen-bond acceptors (Lipinski definition) is 3. The first kappa shape index (κ1) is 16.3. The topological polar surface area (TPSA) is 70.2 Å². The minimum Gasteiger partial charge on any atom is -0.325 e. The second kappa shape index (κ2) is 6.35. The molecule has 1 fully saturated rings. The molecule has 1 unspecified atom stereocenters. The number of carbonyl (C=O) groups excluding carboxylic acids is 2. The van der Waals surface area contributed by atoms with Gasteiger partial charge in [-0.3, -0.25) is 9.59 Å². The molecule has 0 radical (unpaired) electrons. The van der Waals surface area contributed by atoms with Crippen molar-refractivity contribution in [1.29, 1.82) is 0 Å². The monoisotopic (exact) mass is 315 g/mol. The molecule has 0 bridgehead atoms. The molecule has 5 nitrogen and oxygen atoms in total. The lowest BCUT2D eigenvalue weighted by atomic mass is 10.1. The van der Waals surface area contributed by atoms with Gasteiger partial charge in [-0.25, -0.2) is 0 Å². The molecular formula is C14H16F3N3O2. The highest BCUT2D eigenvalue weighted by molar-refractivity contribution is 6.00. The lowest BCUT2D eigenvalue weighted by Gasteiger charge is -2.16. The van der Waals surface area contributed by atoms with Crippen molar-refractivity contribution >= 4 is 23.2 Å². The summed E-state index contributed by atoms with van der Waals surface area (Å²) in [6, 6.07) is 2.82. The van der Waals surface area contributed by atoms with Crippen LogP contribution in [0.3, 0.4) is 0 Å². The summed E-state index contributed by atoms with van der Waals surface area (Å²) in [5.74, 6) is -1.09. The van der Waals surface area contributed by atoms with Gasteiger partial charge in [0.25, 0.3) is 0 Å². The fourth-order valence-electron chi connectivity index (χ4n) is 2.24. The van der Waals surface area contributed by atoms with Crippen molar-refractivity contribution in [1.82, 2.24) is 5.32 Å². The highest BCUT2D eigenvalue weighted by atomic mass is 19.4. The molecule has 1 aromatic rings. The van der Waals surface area contributed by atoms with E-state index in [4.69, 9.17) is 0 Å².